The first kappa shape index (κ1) is 17.6. The molecular formula is C16H21F3N2O3. The summed E-state index contributed by atoms with van der Waals surface area (Å²) in [7, 11) is 0. The largest absolute Gasteiger partial charge is 0.404 e. The average molecular weight is 346 g/mol. The Balaban J connectivity index is 1.54. The number of halogens is 3. The molecule has 0 bridgehead atoms. The van der Waals surface area contributed by atoms with Crippen LogP contribution in [0.15, 0.2) is 24.5 Å². The van der Waals surface area contributed by atoms with E-state index in [9.17, 15) is 13.2 Å². The van der Waals surface area contributed by atoms with Crippen LogP contribution in [0.2, 0.25) is 0 Å². The van der Waals surface area contributed by atoms with Gasteiger partial charge in [0.25, 0.3) is 0 Å². The number of pyridine rings is 1. The number of rotatable bonds is 5. The topological polar surface area (TPSA) is 52.6 Å². The van der Waals surface area contributed by atoms with Crippen molar-refractivity contribution in [2.75, 3.05) is 26.4 Å². The van der Waals surface area contributed by atoms with Crippen molar-refractivity contribution in [3.05, 3.63) is 30.1 Å². The number of aromatic nitrogens is 1. The second-order valence-electron chi connectivity index (χ2n) is 6.14. The van der Waals surface area contributed by atoms with Crippen molar-refractivity contribution in [2.45, 2.75) is 43.4 Å². The molecule has 0 saturated carbocycles. The molecule has 134 valence electrons. The molecule has 0 unspecified atom stereocenters. The fraction of sp³-hybridized carbons (Fsp3) is 0.688. The third-order valence-corrected chi connectivity index (χ3v) is 4.34. The normalized spacial score (nSPS) is 25.0. The van der Waals surface area contributed by atoms with Crippen molar-refractivity contribution in [1.29, 1.82) is 0 Å². The molecule has 0 aromatic carbocycles. The minimum absolute atomic E-state index is 0.0951. The van der Waals surface area contributed by atoms with Crippen LogP contribution >= 0.6 is 0 Å². The molecule has 3 heterocycles. The number of nitrogens with one attached hydrogen (secondary N) is 1. The van der Waals surface area contributed by atoms with Crippen LogP contribution in [0.3, 0.4) is 0 Å². The Bertz CT molecular complexity index is 521. The SMILES string of the molecule is FC(F)(F)[C@@H](Cc1ccncc1)NC[C@H]1COC2(CCOCC2)O1. The molecule has 1 spiro atoms. The first-order valence-electron chi connectivity index (χ1n) is 8.05. The van der Waals surface area contributed by atoms with Crippen molar-refractivity contribution < 1.29 is 27.4 Å². The van der Waals surface area contributed by atoms with Crippen LogP contribution in [0.5, 0.6) is 0 Å². The monoisotopic (exact) mass is 346 g/mol. The molecule has 5 nitrogen and oxygen atoms in total. The Morgan fingerprint density at radius 1 is 1.25 bits per heavy atom. The van der Waals surface area contributed by atoms with E-state index < -0.39 is 18.0 Å². The highest BCUT2D eigenvalue weighted by Crippen LogP contribution is 2.33. The van der Waals surface area contributed by atoms with E-state index in [4.69, 9.17) is 14.2 Å². The molecule has 3 rings (SSSR count). The van der Waals surface area contributed by atoms with Gasteiger partial charge in [-0.1, -0.05) is 0 Å². The molecule has 2 aliphatic heterocycles. The van der Waals surface area contributed by atoms with E-state index in [0.717, 1.165) is 0 Å². The maximum atomic E-state index is 13.3. The maximum absolute atomic E-state index is 13.3. The van der Waals surface area contributed by atoms with Gasteiger partial charge in [0.15, 0.2) is 5.79 Å². The van der Waals surface area contributed by atoms with Crippen molar-refractivity contribution in [3.8, 4) is 0 Å². The van der Waals surface area contributed by atoms with Gasteiger partial charge in [-0.3, -0.25) is 4.98 Å². The molecular weight excluding hydrogens is 325 g/mol. The fourth-order valence-electron chi connectivity index (χ4n) is 2.99. The second kappa shape index (κ2) is 7.35. The van der Waals surface area contributed by atoms with E-state index in [0.29, 0.717) is 38.2 Å². The Labute approximate surface area is 138 Å². The number of hydrogen-bond acceptors (Lipinski definition) is 5. The summed E-state index contributed by atoms with van der Waals surface area (Å²) in [5.74, 6) is -0.677. The van der Waals surface area contributed by atoms with Gasteiger partial charge in [-0.15, -0.1) is 0 Å². The Kier molecular flexibility index (Phi) is 5.39. The molecule has 0 amide bonds. The zero-order valence-corrected chi connectivity index (χ0v) is 13.2. The quantitative estimate of drug-likeness (QED) is 0.885. The Hall–Kier alpha value is -1.22. The highest BCUT2D eigenvalue weighted by atomic mass is 19.4. The molecule has 2 aliphatic rings. The number of ether oxygens (including phenoxy) is 3. The highest BCUT2D eigenvalue weighted by Gasteiger charge is 2.44. The zero-order chi connectivity index (χ0) is 17.0. The molecule has 1 N–H and O–H groups in total. The van der Waals surface area contributed by atoms with Gasteiger partial charge < -0.3 is 19.5 Å². The summed E-state index contributed by atoms with van der Waals surface area (Å²) >= 11 is 0. The first-order valence-corrected chi connectivity index (χ1v) is 8.05. The lowest BCUT2D eigenvalue weighted by atomic mass is 10.1. The molecule has 2 atom stereocenters. The summed E-state index contributed by atoms with van der Waals surface area (Å²) in [6, 6.07) is 1.55. The van der Waals surface area contributed by atoms with Crippen LogP contribution in [0.1, 0.15) is 18.4 Å². The van der Waals surface area contributed by atoms with Gasteiger partial charge in [-0.05, 0) is 24.1 Å². The molecule has 0 radical (unpaired) electrons. The van der Waals surface area contributed by atoms with E-state index in [1.807, 2.05) is 0 Å². The first-order chi connectivity index (χ1) is 11.5. The second-order valence-corrected chi connectivity index (χ2v) is 6.14. The predicted octanol–water partition coefficient (Wildman–Crippen LogP) is 2.07. The van der Waals surface area contributed by atoms with Crippen LogP contribution in [0.4, 0.5) is 13.2 Å². The van der Waals surface area contributed by atoms with Crippen LogP contribution in [-0.2, 0) is 20.6 Å². The smallest absolute Gasteiger partial charge is 0.381 e. The summed E-state index contributed by atoms with van der Waals surface area (Å²) in [6.45, 7) is 1.49. The van der Waals surface area contributed by atoms with Crippen LogP contribution < -0.4 is 5.32 Å². The van der Waals surface area contributed by atoms with Crippen molar-refractivity contribution in [3.63, 3.8) is 0 Å². The standard InChI is InChI=1S/C16H21F3N2O3/c17-16(18,19)14(9-12-1-5-20-6-2-12)21-10-13-11-23-15(24-13)3-7-22-8-4-15/h1-2,5-6,13-14,21H,3-4,7-11H2/t13-,14+/m0/s1. The average Bonchev–Trinajstić information content (AvgIpc) is 2.94. The molecule has 2 saturated heterocycles. The van der Waals surface area contributed by atoms with E-state index in [-0.39, 0.29) is 19.1 Å². The Morgan fingerprint density at radius 2 is 1.96 bits per heavy atom. The van der Waals surface area contributed by atoms with Crippen LogP contribution in [0, 0.1) is 0 Å². The van der Waals surface area contributed by atoms with E-state index in [2.05, 4.69) is 10.3 Å². The van der Waals surface area contributed by atoms with E-state index in [1.54, 1.807) is 12.1 Å². The lowest BCUT2D eigenvalue weighted by Gasteiger charge is -2.32. The molecule has 1 aromatic rings. The summed E-state index contributed by atoms with van der Waals surface area (Å²) in [4.78, 5) is 3.82. The van der Waals surface area contributed by atoms with Gasteiger partial charge in [0.1, 0.15) is 6.04 Å². The number of alkyl halides is 3. The third kappa shape index (κ3) is 4.44. The highest BCUT2D eigenvalue weighted by molar-refractivity contribution is 5.12. The molecule has 24 heavy (non-hydrogen) atoms. The van der Waals surface area contributed by atoms with Crippen molar-refractivity contribution in [1.82, 2.24) is 10.3 Å². The van der Waals surface area contributed by atoms with Crippen LogP contribution in [0.25, 0.3) is 0 Å². The molecule has 1 aromatic heterocycles. The maximum Gasteiger partial charge on any atom is 0.404 e. The van der Waals surface area contributed by atoms with Gasteiger partial charge >= 0.3 is 6.18 Å². The molecule has 0 aliphatic carbocycles. The fourth-order valence-corrected chi connectivity index (χ4v) is 2.99. The third-order valence-electron chi connectivity index (χ3n) is 4.34. The zero-order valence-electron chi connectivity index (χ0n) is 13.2. The Morgan fingerprint density at radius 3 is 2.62 bits per heavy atom. The minimum atomic E-state index is -4.33. The summed E-state index contributed by atoms with van der Waals surface area (Å²) in [5, 5.41) is 2.59. The summed E-state index contributed by atoms with van der Waals surface area (Å²) in [5.41, 5.74) is 0.587. The van der Waals surface area contributed by atoms with Crippen molar-refractivity contribution in [2.24, 2.45) is 0 Å². The van der Waals surface area contributed by atoms with Gasteiger partial charge in [0.05, 0.1) is 25.9 Å². The van der Waals surface area contributed by atoms with Crippen molar-refractivity contribution >= 4 is 0 Å². The van der Waals surface area contributed by atoms with E-state index in [1.165, 1.54) is 12.4 Å². The van der Waals surface area contributed by atoms with Crippen LogP contribution in [-0.4, -0.2) is 55.5 Å². The lowest BCUT2D eigenvalue weighted by Crippen LogP contribution is -2.47. The van der Waals surface area contributed by atoms with Gasteiger partial charge in [-0.25, -0.2) is 0 Å². The molecule has 8 heteroatoms. The van der Waals surface area contributed by atoms with Gasteiger partial charge in [0, 0.05) is 31.8 Å². The summed E-state index contributed by atoms with van der Waals surface area (Å²) < 4.78 is 56.6. The van der Waals surface area contributed by atoms with Gasteiger partial charge in [0.2, 0.25) is 0 Å². The predicted molar refractivity (Wildman–Crippen MR) is 79.4 cm³/mol. The minimum Gasteiger partial charge on any atom is -0.381 e. The van der Waals surface area contributed by atoms with E-state index >= 15 is 0 Å². The number of hydrogen-bond donors (Lipinski definition) is 1. The lowest BCUT2D eigenvalue weighted by molar-refractivity contribution is -0.211. The number of nitrogens with zero attached hydrogens (tertiary/aromatic N) is 1. The summed E-state index contributed by atoms with van der Waals surface area (Å²) in [6.07, 6.45) is -0.647. The molecule has 2 fully saturated rings. The van der Waals surface area contributed by atoms with Gasteiger partial charge in [-0.2, -0.15) is 13.2 Å².